The Morgan fingerprint density at radius 2 is 1.42 bits per heavy atom. The summed E-state index contributed by atoms with van der Waals surface area (Å²) in [7, 11) is 0. The number of hydrogen-bond donors (Lipinski definition) is 2. The van der Waals surface area contributed by atoms with Crippen molar-refractivity contribution in [2.45, 2.75) is 58.8 Å². The first-order chi connectivity index (χ1) is 11.4. The van der Waals surface area contributed by atoms with Gasteiger partial charge in [0.25, 0.3) is 0 Å². The molecule has 0 aromatic heterocycles. The van der Waals surface area contributed by atoms with Crippen LogP contribution in [0.3, 0.4) is 0 Å². The number of rotatable bonds is 12. The number of ether oxygens (including phenoxy) is 2. The average molecular weight is 344 g/mol. The predicted octanol–water partition coefficient (Wildman–Crippen LogP) is 3.45. The van der Waals surface area contributed by atoms with Gasteiger partial charge in [-0.15, -0.1) is 0 Å². The Balaban J connectivity index is 0. The van der Waals surface area contributed by atoms with Crippen LogP contribution in [-0.4, -0.2) is 42.0 Å². The van der Waals surface area contributed by atoms with Crippen molar-refractivity contribution < 1.29 is 29.3 Å². The normalized spacial score (nSPS) is 9.46. The summed E-state index contributed by atoms with van der Waals surface area (Å²) in [4.78, 5) is 21.6. The second-order valence-electron chi connectivity index (χ2n) is 5.21. The third-order valence-corrected chi connectivity index (χ3v) is 2.90. The van der Waals surface area contributed by atoms with E-state index in [2.05, 4.69) is 24.8 Å². The highest BCUT2D eigenvalue weighted by molar-refractivity contribution is 5.87. The maximum absolute atomic E-state index is 11.1. The van der Waals surface area contributed by atoms with E-state index < -0.39 is 11.7 Å². The van der Waals surface area contributed by atoms with Crippen LogP contribution in [0.15, 0.2) is 24.5 Å². The Labute approximate surface area is 145 Å². The van der Waals surface area contributed by atoms with Gasteiger partial charge in [0.1, 0.15) is 0 Å². The molecule has 0 fully saturated rings. The molecule has 0 atom stereocenters. The highest BCUT2D eigenvalue weighted by Crippen LogP contribution is 2.03. The summed E-state index contributed by atoms with van der Waals surface area (Å²) in [5.41, 5.74) is 0.350. The van der Waals surface area contributed by atoms with Gasteiger partial charge in [-0.05, 0) is 19.4 Å². The molecule has 0 bridgehead atoms. The molecule has 0 spiro atoms. The molecule has 24 heavy (non-hydrogen) atoms. The van der Waals surface area contributed by atoms with Gasteiger partial charge in [-0.1, -0.05) is 46.1 Å². The predicted molar refractivity (Wildman–Crippen MR) is 93.6 cm³/mol. The number of aliphatic hydroxyl groups excluding tert-OH is 2. The van der Waals surface area contributed by atoms with Crippen molar-refractivity contribution in [1.82, 2.24) is 0 Å². The molecule has 0 rings (SSSR count). The number of esters is 2. The SMILES string of the molecule is C=C(CCO)C(=O)OCCCCCC.C=C(O)C(=O)OCCCC. The van der Waals surface area contributed by atoms with Gasteiger partial charge >= 0.3 is 11.9 Å². The van der Waals surface area contributed by atoms with Crippen LogP contribution in [0.2, 0.25) is 0 Å². The lowest BCUT2D eigenvalue weighted by atomic mass is 10.2. The van der Waals surface area contributed by atoms with Crippen molar-refractivity contribution in [2.75, 3.05) is 19.8 Å². The summed E-state index contributed by atoms with van der Waals surface area (Å²) < 4.78 is 9.51. The van der Waals surface area contributed by atoms with Crippen LogP contribution in [0.25, 0.3) is 0 Å². The van der Waals surface area contributed by atoms with E-state index in [1.807, 2.05) is 6.92 Å². The Morgan fingerprint density at radius 1 is 0.875 bits per heavy atom. The van der Waals surface area contributed by atoms with Gasteiger partial charge in [0.15, 0.2) is 5.76 Å². The van der Waals surface area contributed by atoms with Crippen molar-refractivity contribution in [1.29, 1.82) is 0 Å². The quantitative estimate of drug-likeness (QED) is 0.244. The molecule has 0 saturated heterocycles. The summed E-state index contributed by atoms with van der Waals surface area (Å²) in [6.45, 7) is 11.4. The number of aliphatic hydroxyl groups is 2. The van der Waals surface area contributed by atoms with Crippen LogP contribution >= 0.6 is 0 Å². The van der Waals surface area contributed by atoms with E-state index in [1.165, 1.54) is 12.8 Å². The summed E-state index contributed by atoms with van der Waals surface area (Å²) >= 11 is 0. The van der Waals surface area contributed by atoms with E-state index in [1.54, 1.807) is 0 Å². The molecule has 2 N–H and O–H groups in total. The fourth-order valence-corrected chi connectivity index (χ4v) is 1.43. The molecule has 0 aliphatic heterocycles. The molecule has 0 radical (unpaired) electrons. The van der Waals surface area contributed by atoms with E-state index in [9.17, 15) is 9.59 Å². The Morgan fingerprint density at radius 3 is 1.92 bits per heavy atom. The minimum Gasteiger partial charge on any atom is -0.502 e. The Hall–Kier alpha value is -1.82. The number of carbonyl (C=O) groups excluding carboxylic acids is 2. The van der Waals surface area contributed by atoms with Gasteiger partial charge in [-0.3, -0.25) is 0 Å². The van der Waals surface area contributed by atoms with Crippen molar-refractivity contribution in [2.24, 2.45) is 0 Å². The molecule has 0 aliphatic carbocycles. The molecule has 140 valence electrons. The second kappa shape index (κ2) is 17.5. The molecule has 0 saturated carbocycles. The summed E-state index contributed by atoms with van der Waals surface area (Å²) in [5, 5.41) is 17.0. The zero-order valence-corrected chi connectivity index (χ0v) is 15.0. The van der Waals surface area contributed by atoms with Gasteiger partial charge in [0.05, 0.1) is 13.2 Å². The highest BCUT2D eigenvalue weighted by Gasteiger charge is 2.06. The zero-order valence-electron chi connectivity index (χ0n) is 15.0. The molecule has 0 aromatic rings. The van der Waals surface area contributed by atoms with Crippen LogP contribution in [0.5, 0.6) is 0 Å². The summed E-state index contributed by atoms with van der Waals surface area (Å²) in [5.74, 6) is -1.64. The maximum atomic E-state index is 11.1. The van der Waals surface area contributed by atoms with E-state index in [0.717, 1.165) is 25.7 Å². The summed E-state index contributed by atoms with van der Waals surface area (Å²) in [6.07, 6.45) is 6.43. The molecule has 6 nitrogen and oxygen atoms in total. The van der Waals surface area contributed by atoms with E-state index in [4.69, 9.17) is 14.9 Å². The Bertz CT molecular complexity index is 376. The van der Waals surface area contributed by atoms with Gasteiger partial charge < -0.3 is 19.7 Å². The number of hydrogen-bond acceptors (Lipinski definition) is 6. The van der Waals surface area contributed by atoms with E-state index >= 15 is 0 Å². The van der Waals surface area contributed by atoms with Crippen LogP contribution in [-0.2, 0) is 19.1 Å². The van der Waals surface area contributed by atoms with Crippen LogP contribution < -0.4 is 0 Å². The topological polar surface area (TPSA) is 93.1 Å². The fourth-order valence-electron chi connectivity index (χ4n) is 1.43. The smallest absolute Gasteiger partial charge is 0.372 e. The maximum Gasteiger partial charge on any atom is 0.372 e. The Kier molecular flexibility index (Phi) is 17.8. The molecule has 0 unspecified atom stereocenters. The van der Waals surface area contributed by atoms with Gasteiger partial charge in [-0.25, -0.2) is 9.59 Å². The monoisotopic (exact) mass is 344 g/mol. The number of unbranched alkanes of at least 4 members (excludes halogenated alkanes) is 4. The lowest BCUT2D eigenvalue weighted by molar-refractivity contribution is -0.142. The first-order valence-corrected chi connectivity index (χ1v) is 8.41. The van der Waals surface area contributed by atoms with Crippen LogP contribution in [0, 0.1) is 0 Å². The van der Waals surface area contributed by atoms with Crippen molar-refractivity contribution in [3.05, 3.63) is 24.5 Å². The van der Waals surface area contributed by atoms with E-state index in [0.29, 0.717) is 25.2 Å². The zero-order chi connectivity index (χ0) is 18.8. The van der Waals surface area contributed by atoms with Crippen molar-refractivity contribution >= 4 is 11.9 Å². The molecule has 0 aromatic carbocycles. The fraction of sp³-hybridized carbons (Fsp3) is 0.667. The molecular weight excluding hydrogens is 312 g/mol. The first-order valence-electron chi connectivity index (χ1n) is 8.41. The third-order valence-electron chi connectivity index (χ3n) is 2.90. The lowest BCUT2D eigenvalue weighted by Crippen LogP contribution is -2.09. The van der Waals surface area contributed by atoms with Crippen LogP contribution in [0.4, 0.5) is 0 Å². The third kappa shape index (κ3) is 16.5. The highest BCUT2D eigenvalue weighted by atomic mass is 16.5. The standard InChI is InChI=1S/C11H20O3.C7H12O3/c1-3-4-5-6-9-14-11(13)10(2)7-8-12;1-3-4-5-10-7(9)6(2)8/h12H,2-9H2,1H3;8H,2-5H2,1H3. The summed E-state index contributed by atoms with van der Waals surface area (Å²) in [6, 6.07) is 0. The molecule has 0 aliphatic rings. The largest absolute Gasteiger partial charge is 0.502 e. The first kappa shape index (κ1) is 24.4. The minimum atomic E-state index is -0.728. The average Bonchev–Trinajstić information content (AvgIpc) is 2.55. The second-order valence-corrected chi connectivity index (χ2v) is 5.21. The van der Waals surface area contributed by atoms with Crippen molar-refractivity contribution in [3.8, 4) is 0 Å². The lowest BCUT2D eigenvalue weighted by Gasteiger charge is -2.05. The molecule has 0 amide bonds. The molecular formula is C18H32O6. The van der Waals surface area contributed by atoms with Crippen LogP contribution in [0.1, 0.15) is 58.8 Å². The van der Waals surface area contributed by atoms with Gasteiger partial charge in [-0.2, -0.15) is 0 Å². The minimum absolute atomic E-state index is 0.0518. The molecule has 0 heterocycles. The number of carbonyl (C=O) groups is 2. The van der Waals surface area contributed by atoms with Gasteiger partial charge in [0.2, 0.25) is 0 Å². The van der Waals surface area contributed by atoms with Gasteiger partial charge in [0, 0.05) is 18.6 Å². The van der Waals surface area contributed by atoms with Crippen molar-refractivity contribution in [3.63, 3.8) is 0 Å². The molecule has 6 heteroatoms. The van der Waals surface area contributed by atoms with E-state index in [-0.39, 0.29) is 12.6 Å².